The number of nitrogens with zero attached hydrogens (tertiary/aromatic N) is 1. The third-order valence-electron chi connectivity index (χ3n) is 8.21. The van der Waals surface area contributed by atoms with Crippen LogP contribution in [0.25, 0.3) is 10.9 Å². The molecule has 1 saturated heterocycles. The lowest BCUT2D eigenvalue weighted by Gasteiger charge is -2.43. The van der Waals surface area contributed by atoms with E-state index >= 15 is 0 Å². The highest BCUT2D eigenvalue weighted by molar-refractivity contribution is 5.85. The molecule has 0 radical (unpaired) electrons. The van der Waals surface area contributed by atoms with Crippen LogP contribution < -0.4 is 10.6 Å². The van der Waals surface area contributed by atoms with E-state index in [1.165, 1.54) is 24.0 Å². The summed E-state index contributed by atoms with van der Waals surface area (Å²) < 4.78 is 11.2. The predicted octanol–water partition coefficient (Wildman–Crippen LogP) is 2.94. The number of ether oxygens (including phenoxy) is 2. The smallest absolute Gasteiger partial charge is 0.357 e. The number of aliphatic hydroxyl groups excluding tert-OH is 4. The number of carbonyl (C=O) groups is 2. The third kappa shape index (κ3) is 11.5. The van der Waals surface area contributed by atoms with E-state index in [9.17, 15) is 35.1 Å². The number of fused-ring (bicyclic) bond motifs is 1. The number of allylic oxidation sites excluding steroid dienone is 4. The summed E-state index contributed by atoms with van der Waals surface area (Å²) in [5, 5.41) is 50.7. The molecule has 0 amide bonds. The minimum atomic E-state index is -3.05. The summed E-state index contributed by atoms with van der Waals surface area (Å²) >= 11 is 0. The van der Waals surface area contributed by atoms with Crippen molar-refractivity contribution in [3.63, 3.8) is 0 Å². The van der Waals surface area contributed by atoms with Gasteiger partial charge in [-0.25, -0.2) is 4.79 Å². The summed E-state index contributed by atoms with van der Waals surface area (Å²) in [4.78, 5) is 31.0. The van der Waals surface area contributed by atoms with Crippen molar-refractivity contribution in [3.8, 4) is 0 Å². The fourth-order valence-electron chi connectivity index (χ4n) is 5.44. The summed E-state index contributed by atoms with van der Waals surface area (Å²) in [7, 11) is 0. The molecule has 12 heteroatoms. The van der Waals surface area contributed by atoms with Gasteiger partial charge in [0, 0.05) is 24.4 Å². The molecule has 6 atom stereocenters. The van der Waals surface area contributed by atoms with Crippen LogP contribution in [0.3, 0.4) is 0 Å². The molecular weight excluding hydrogens is 608 g/mol. The monoisotopic (exact) mass is 660 g/mol. The van der Waals surface area contributed by atoms with E-state index in [4.69, 9.17) is 20.0 Å². The highest BCUT2D eigenvalue weighted by Crippen LogP contribution is 2.30. The Hall–Kier alpha value is -3.10. The largest absolute Gasteiger partial charge is 0.404 e. The van der Waals surface area contributed by atoms with Crippen LogP contribution in [0.15, 0.2) is 54.8 Å². The molecule has 3 rings (SSSR count). The van der Waals surface area contributed by atoms with Crippen molar-refractivity contribution >= 4 is 22.8 Å². The molecule has 1 aromatic heterocycles. The number of hydrogen-bond donors (Lipinski definition) is 6. The van der Waals surface area contributed by atoms with Crippen LogP contribution in [-0.4, -0.2) is 85.2 Å². The van der Waals surface area contributed by atoms with Crippen LogP contribution in [0.4, 0.5) is 0 Å². The van der Waals surface area contributed by atoms with Gasteiger partial charge in [0.1, 0.15) is 24.4 Å². The summed E-state index contributed by atoms with van der Waals surface area (Å²) in [5.74, 6) is -4.62. The first-order chi connectivity index (χ1) is 22.6. The van der Waals surface area contributed by atoms with E-state index in [2.05, 4.69) is 31.2 Å². The van der Waals surface area contributed by atoms with Crippen molar-refractivity contribution in [3.05, 3.63) is 60.3 Å². The molecule has 1 aliphatic rings. The molecule has 2 unspecified atom stereocenters. The Labute approximate surface area is 276 Å². The minimum Gasteiger partial charge on any atom is -0.404 e. The normalized spacial score (nSPS) is 23.9. The van der Waals surface area contributed by atoms with Gasteiger partial charge in [-0.1, -0.05) is 81.5 Å². The average molecular weight is 661 g/mol. The SMILES string of the molecule is CCCCC/C=C\C/C=C\CCCCCCCC(=O)On1cc(CC(N)C(=O)OC2(O)O[C@H](CO)[C@@H](O)[C@H](O)[C@H]2O)c2ccccc21. The first kappa shape index (κ1) is 38.3. The highest BCUT2D eigenvalue weighted by atomic mass is 16.8. The molecule has 0 saturated carbocycles. The van der Waals surface area contributed by atoms with Gasteiger partial charge in [0.2, 0.25) is 0 Å². The summed E-state index contributed by atoms with van der Waals surface area (Å²) in [6.45, 7) is 1.39. The Morgan fingerprint density at radius 1 is 0.979 bits per heavy atom. The first-order valence-electron chi connectivity index (χ1n) is 16.7. The van der Waals surface area contributed by atoms with Gasteiger partial charge in [-0.05, 0) is 50.2 Å². The fourth-order valence-corrected chi connectivity index (χ4v) is 5.44. The van der Waals surface area contributed by atoms with Crippen LogP contribution in [0.1, 0.15) is 89.5 Å². The van der Waals surface area contributed by atoms with Gasteiger partial charge >= 0.3 is 17.9 Å². The zero-order valence-electron chi connectivity index (χ0n) is 27.3. The molecule has 7 N–H and O–H groups in total. The van der Waals surface area contributed by atoms with Gasteiger partial charge < -0.3 is 45.6 Å². The number of aromatic nitrogens is 1. The second-order valence-electron chi connectivity index (χ2n) is 12.1. The van der Waals surface area contributed by atoms with E-state index in [1.54, 1.807) is 30.5 Å². The zero-order chi connectivity index (χ0) is 34.2. The first-order valence-corrected chi connectivity index (χ1v) is 16.7. The number of unbranched alkanes of at least 4 members (excludes halogenated alkanes) is 8. The van der Waals surface area contributed by atoms with E-state index in [-0.39, 0.29) is 12.8 Å². The Balaban J connectivity index is 1.43. The number of hydrogen-bond acceptors (Lipinski definition) is 11. The highest BCUT2D eigenvalue weighted by Gasteiger charge is 2.56. The lowest BCUT2D eigenvalue weighted by atomic mass is 9.98. The summed E-state index contributed by atoms with van der Waals surface area (Å²) in [6, 6.07) is 5.72. The van der Waals surface area contributed by atoms with Crippen LogP contribution in [-0.2, 0) is 25.5 Å². The quantitative estimate of drug-likeness (QED) is 0.0529. The van der Waals surface area contributed by atoms with Crippen molar-refractivity contribution in [2.75, 3.05) is 6.61 Å². The maximum absolute atomic E-state index is 12.8. The van der Waals surface area contributed by atoms with Gasteiger partial charge in [-0.3, -0.25) is 4.79 Å². The van der Waals surface area contributed by atoms with Crippen LogP contribution in [0.5, 0.6) is 0 Å². The molecule has 12 nitrogen and oxygen atoms in total. The van der Waals surface area contributed by atoms with Crippen molar-refractivity contribution in [2.24, 2.45) is 5.73 Å². The number of carbonyl (C=O) groups excluding carboxylic acids is 2. The Bertz CT molecular complexity index is 1310. The number of esters is 1. The van der Waals surface area contributed by atoms with Gasteiger partial charge in [-0.15, -0.1) is 0 Å². The Morgan fingerprint density at radius 3 is 2.34 bits per heavy atom. The van der Waals surface area contributed by atoms with Gasteiger partial charge in [0.25, 0.3) is 0 Å². The second kappa shape index (κ2) is 19.7. The molecule has 1 aliphatic heterocycles. The molecule has 0 aliphatic carbocycles. The van der Waals surface area contributed by atoms with Crippen LogP contribution in [0, 0.1) is 0 Å². The number of nitrogens with two attached hydrogens (primary N) is 1. The predicted molar refractivity (Wildman–Crippen MR) is 176 cm³/mol. The van der Waals surface area contributed by atoms with Crippen molar-refractivity contribution < 1.29 is 49.4 Å². The summed E-state index contributed by atoms with van der Waals surface area (Å²) in [5.41, 5.74) is 7.20. The van der Waals surface area contributed by atoms with Crippen molar-refractivity contribution in [2.45, 2.75) is 127 Å². The lowest BCUT2D eigenvalue weighted by molar-refractivity contribution is -0.434. The molecule has 0 spiro atoms. The second-order valence-corrected chi connectivity index (χ2v) is 12.1. The molecule has 262 valence electrons. The van der Waals surface area contributed by atoms with E-state index in [0.717, 1.165) is 44.9 Å². The molecule has 2 aromatic rings. The topological polar surface area (TPSA) is 194 Å². The Kier molecular flexibility index (Phi) is 16.0. The van der Waals surface area contributed by atoms with E-state index in [1.807, 2.05) is 0 Å². The number of para-hydroxylation sites is 1. The maximum Gasteiger partial charge on any atom is 0.357 e. The average Bonchev–Trinajstić information content (AvgIpc) is 3.39. The van der Waals surface area contributed by atoms with Gasteiger partial charge in [0.15, 0.2) is 6.10 Å². The standard InChI is InChI=1S/C35H52N2O10/c1-2-3-4-5-6-7-8-9-10-11-12-13-14-15-16-21-30(39)47-37-23-25(26-19-17-18-20-28(26)37)22-27(36)34(43)46-35(44)33(42)32(41)31(40)29(24-38)45-35/h6-7,9-10,17-20,23,27,29,31-33,38,40-42,44H,2-5,8,11-16,21-22,24,36H2,1H3/b7-6-,10-9-/t27?,29-,31-,32+,33-,35?/m1/s1. The molecule has 1 aromatic carbocycles. The summed E-state index contributed by atoms with van der Waals surface area (Å²) in [6.07, 6.45) is 15.1. The van der Waals surface area contributed by atoms with E-state index in [0.29, 0.717) is 22.9 Å². The minimum absolute atomic E-state index is 0.102. The number of aliphatic hydroxyl groups is 5. The fraction of sp³-hybridized carbons (Fsp3) is 0.600. The van der Waals surface area contributed by atoms with Gasteiger partial charge in [0.05, 0.1) is 12.1 Å². The third-order valence-corrected chi connectivity index (χ3v) is 8.21. The van der Waals surface area contributed by atoms with Crippen molar-refractivity contribution in [1.82, 2.24) is 4.73 Å². The number of rotatable bonds is 20. The van der Waals surface area contributed by atoms with E-state index < -0.39 is 55.0 Å². The molecule has 2 heterocycles. The Morgan fingerprint density at radius 2 is 1.64 bits per heavy atom. The molecule has 47 heavy (non-hydrogen) atoms. The van der Waals surface area contributed by atoms with Crippen molar-refractivity contribution in [1.29, 1.82) is 0 Å². The van der Waals surface area contributed by atoms with Gasteiger partial charge in [-0.2, -0.15) is 4.73 Å². The molecular formula is C35H52N2O10. The lowest BCUT2D eigenvalue weighted by Crippen LogP contribution is -2.67. The maximum atomic E-state index is 12.8. The van der Waals surface area contributed by atoms with Crippen LogP contribution >= 0.6 is 0 Å². The molecule has 0 bridgehead atoms. The molecule has 1 fully saturated rings. The van der Waals surface area contributed by atoms with Crippen LogP contribution in [0.2, 0.25) is 0 Å². The number of benzene rings is 1. The zero-order valence-corrected chi connectivity index (χ0v) is 27.3.